The largest absolute Gasteiger partial charge is 0.391 e. The van der Waals surface area contributed by atoms with Gasteiger partial charge >= 0.3 is 0 Å². The summed E-state index contributed by atoms with van der Waals surface area (Å²) in [5.74, 6) is 0.0539. The normalized spacial score (nSPS) is 22.5. The Morgan fingerprint density at radius 2 is 2.20 bits per heavy atom. The molecule has 1 amide bonds. The highest BCUT2D eigenvalue weighted by molar-refractivity contribution is 5.78. The molecule has 1 atom stereocenters. The molecule has 1 unspecified atom stereocenters. The maximum absolute atomic E-state index is 11.3. The van der Waals surface area contributed by atoms with Gasteiger partial charge in [0.1, 0.15) is 0 Å². The molecule has 0 aliphatic carbocycles. The second kappa shape index (κ2) is 4.94. The van der Waals surface area contributed by atoms with Crippen LogP contribution >= 0.6 is 0 Å². The number of nitrogens with zero attached hydrogens (tertiary/aromatic N) is 1. The number of hydrogen-bond acceptors (Lipinski definition) is 3. The van der Waals surface area contributed by atoms with E-state index >= 15 is 0 Å². The minimum atomic E-state index is -0.471. The van der Waals surface area contributed by atoms with Crippen LogP contribution in [0.15, 0.2) is 0 Å². The number of carbonyl (C=O) groups excluding carboxylic acids is 1. The Kier molecular flexibility index (Phi) is 4.11. The van der Waals surface area contributed by atoms with Crippen LogP contribution in [0.2, 0.25) is 0 Å². The molecule has 0 spiro atoms. The van der Waals surface area contributed by atoms with Crippen LogP contribution in [-0.2, 0) is 9.53 Å². The van der Waals surface area contributed by atoms with Crippen LogP contribution in [0.25, 0.3) is 0 Å². The maximum Gasteiger partial charge on any atom is 0.225 e. The smallest absolute Gasteiger partial charge is 0.225 e. The molecule has 0 aromatic heterocycles. The second-order valence-corrected chi connectivity index (χ2v) is 5.01. The number of rotatable bonds is 4. The zero-order valence-electron chi connectivity index (χ0n) is 9.82. The van der Waals surface area contributed by atoms with Crippen molar-refractivity contribution in [3.05, 3.63) is 0 Å². The summed E-state index contributed by atoms with van der Waals surface area (Å²) in [7, 11) is 0. The third-order valence-corrected chi connectivity index (χ3v) is 2.30. The zero-order valence-corrected chi connectivity index (χ0v) is 9.82. The van der Waals surface area contributed by atoms with Crippen molar-refractivity contribution in [1.82, 2.24) is 4.90 Å². The number of aliphatic hydroxyl groups excluding tert-OH is 1. The number of carbonyl (C=O) groups is 1. The molecule has 0 saturated carbocycles. The van der Waals surface area contributed by atoms with E-state index in [1.807, 2.05) is 20.8 Å². The highest BCUT2D eigenvalue weighted by Crippen LogP contribution is 2.12. The lowest BCUT2D eigenvalue weighted by atomic mass is 10.2. The van der Waals surface area contributed by atoms with Crippen LogP contribution < -0.4 is 0 Å². The number of aliphatic hydroxyl groups is 1. The first kappa shape index (κ1) is 12.5. The van der Waals surface area contributed by atoms with Gasteiger partial charge in [-0.1, -0.05) is 0 Å². The van der Waals surface area contributed by atoms with Gasteiger partial charge < -0.3 is 14.7 Å². The van der Waals surface area contributed by atoms with Gasteiger partial charge in [0.15, 0.2) is 0 Å². The van der Waals surface area contributed by atoms with Crippen molar-refractivity contribution < 1.29 is 14.6 Å². The molecule has 0 bridgehead atoms. The van der Waals surface area contributed by atoms with Crippen LogP contribution in [0.4, 0.5) is 0 Å². The number of β-amino-alcohol motifs (C(OH)–C–C–N with tert-alkyl or cyclic N) is 1. The third kappa shape index (κ3) is 4.62. The number of ether oxygens (including phenoxy) is 1. The van der Waals surface area contributed by atoms with Crippen LogP contribution in [0.1, 0.15) is 33.6 Å². The van der Waals surface area contributed by atoms with Crippen molar-refractivity contribution in [1.29, 1.82) is 0 Å². The quantitative estimate of drug-likeness (QED) is 0.705. The second-order valence-electron chi connectivity index (χ2n) is 5.01. The van der Waals surface area contributed by atoms with E-state index in [2.05, 4.69) is 0 Å². The van der Waals surface area contributed by atoms with E-state index in [-0.39, 0.29) is 17.9 Å². The summed E-state index contributed by atoms with van der Waals surface area (Å²) in [6, 6.07) is 0. The molecule has 4 nitrogen and oxygen atoms in total. The van der Waals surface area contributed by atoms with Crippen molar-refractivity contribution in [2.45, 2.75) is 45.3 Å². The van der Waals surface area contributed by atoms with E-state index in [0.29, 0.717) is 19.7 Å². The Morgan fingerprint density at radius 1 is 1.53 bits per heavy atom. The molecule has 0 aromatic carbocycles. The van der Waals surface area contributed by atoms with Crippen molar-refractivity contribution in [2.24, 2.45) is 0 Å². The minimum absolute atomic E-state index is 0.0539. The van der Waals surface area contributed by atoms with Gasteiger partial charge in [-0.15, -0.1) is 0 Å². The van der Waals surface area contributed by atoms with E-state index in [4.69, 9.17) is 4.74 Å². The predicted octanol–water partition coefficient (Wildman–Crippen LogP) is 0.785. The predicted molar refractivity (Wildman–Crippen MR) is 57.5 cm³/mol. The summed E-state index contributed by atoms with van der Waals surface area (Å²) in [5.41, 5.74) is -0.117. The van der Waals surface area contributed by atoms with Gasteiger partial charge in [-0.2, -0.15) is 0 Å². The molecular weight excluding hydrogens is 194 g/mol. The summed E-state index contributed by atoms with van der Waals surface area (Å²) in [4.78, 5) is 13.0. The highest BCUT2D eigenvalue weighted by atomic mass is 16.5. The van der Waals surface area contributed by atoms with Gasteiger partial charge in [-0.3, -0.25) is 4.79 Å². The first-order chi connectivity index (χ1) is 6.88. The standard InChI is InChI=1S/C11H21NO3/c1-11(2,3)15-6-4-5-12-8-9(13)7-10(12)14/h9,13H,4-8H2,1-3H3. The summed E-state index contributed by atoms with van der Waals surface area (Å²) in [6.45, 7) is 7.86. The van der Waals surface area contributed by atoms with Crippen LogP contribution in [-0.4, -0.2) is 47.3 Å². The van der Waals surface area contributed by atoms with E-state index in [1.54, 1.807) is 4.90 Å². The van der Waals surface area contributed by atoms with Crippen molar-refractivity contribution >= 4 is 5.91 Å². The van der Waals surface area contributed by atoms with Crippen molar-refractivity contribution in [3.8, 4) is 0 Å². The molecule has 1 aliphatic rings. The Balaban J connectivity index is 2.13. The zero-order chi connectivity index (χ0) is 11.5. The average molecular weight is 215 g/mol. The Hall–Kier alpha value is -0.610. The molecular formula is C11H21NO3. The number of hydrogen-bond donors (Lipinski definition) is 1. The van der Waals surface area contributed by atoms with Crippen LogP contribution in [0.5, 0.6) is 0 Å². The average Bonchev–Trinajstić information content (AvgIpc) is 2.37. The lowest BCUT2D eigenvalue weighted by molar-refractivity contribution is -0.128. The number of likely N-dealkylation sites (tertiary alicyclic amines) is 1. The lowest BCUT2D eigenvalue weighted by Crippen LogP contribution is -2.29. The molecule has 88 valence electrons. The van der Waals surface area contributed by atoms with Crippen LogP contribution in [0.3, 0.4) is 0 Å². The molecule has 0 aromatic rings. The first-order valence-electron chi connectivity index (χ1n) is 5.48. The monoisotopic (exact) mass is 215 g/mol. The van der Waals surface area contributed by atoms with Gasteiger partial charge in [0.05, 0.1) is 18.1 Å². The Bertz CT molecular complexity index is 222. The SMILES string of the molecule is CC(C)(C)OCCCN1CC(O)CC1=O. The first-order valence-corrected chi connectivity index (χ1v) is 5.48. The number of amides is 1. The van der Waals surface area contributed by atoms with Gasteiger partial charge in [0.25, 0.3) is 0 Å². The molecule has 1 heterocycles. The maximum atomic E-state index is 11.3. The molecule has 4 heteroatoms. The van der Waals surface area contributed by atoms with Gasteiger partial charge in [0, 0.05) is 19.7 Å². The topological polar surface area (TPSA) is 49.8 Å². The summed E-state index contributed by atoms with van der Waals surface area (Å²) < 4.78 is 5.55. The fourth-order valence-corrected chi connectivity index (χ4v) is 1.60. The molecule has 1 N–H and O–H groups in total. The van der Waals surface area contributed by atoms with Crippen molar-refractivity contribution in [3.63, 3.8) is 0 Å². The Labute approximate surface area is 91.2 Å². The Morgan fingerprint density at radius 3 is 2.67 bits per heavy atom. The molecule has 1 fully saturated rings. The summed E-state index contributed by atoms with van der Waals surface area (Å²) in [5, 5.41) is 9.26. The van der Waals surface area contributed by atoms with E-state index in [9.17, 15) is 9.90 Å². The molecule has 1 saturated heterocycles. The summed E-state index contributed by atoms with van der Waals surface area (Å²) >= 11 is 0. The van der Waals surface area contributed by atoms with E-state index in [0.717, 1.165) is 6.42 Å². The van der Waals surface area contributed by atoms with E-state index < -0.39 is 6.10 Å². The highest BCUT2D eigenvalue weighted by Gasteiger charge is 2.27. The van der Waals surface area contributed by atoms with Crippen LogP contribution in [0, 0.1) is 0 Å². The van der Waals surface area contributed by atoms with Gasteiger partial charge in [-0.25, -0.2) is 0 Å². The van der Waals surface area contributed by atoms with Crippen molar-refractivity contribution in [2.75, 3.05) is 19.7 Å². The summed E-state index contributed by atoms with van der Waals surface area (Å²) in [6.07, 6.45) is 0.636. The van der Waals surface area contributed by atoms with Gasteiger partial charge in [0.2, 0.25) is 5.91 Å². The molecule has 1 aliphatic heterocycles. The fraction of sp³-hybridized carbons (Fsp3) is 0.909. The molecule has 1 rings (SSSR count). The third-order valence-electron chi connectivity index (χ3n) is 2.30. The minimum Gasteiger partial charge on any atom is -0.391 e. The van der Waals surface area contributed by atoms with E-state index in [1.165, 1.54) is 0 Å². The fourth-order valence-electron chi connectivity index (χ4n) is 1.60. The molecule has 15 heavy (non-hydrogen) atoms. The molecule has 0 radical (unpaired) electrons. The van der Waals surface area contributed by atoms with Gasteiger partial charge in [-0.05, 0) is 27.2 Å². The lowest BCUT2D eigenvalue weighted by Gasteiger charge is -2.21.